The second-order valence-electron chi connectivity index (χ2n) is 6.64. The van der Waals surface area contributed by atoms with Gasteiger partial charge in [0.1, 0.15) is 0 Å². The Kier molecular flexibility index (Phi) is 4.68. The van der Waals surface area contributed by atoms with Crippen molar-refractivity contribution in [1.82, 2.24) is 5.32 Å². The molecule has 2 aliphatic rings. The Morgan fingerprint density at radius 2 is 1.90 bits per heavy atom. The average Bonchev–Trinajstić information content (AvgIpc) is 2.54. The number of nitrogens with one attached hydrogen (secondary N) is 1. The van der Waals surface area contributed by atoms with Crippen molar-refractivity contribution < 1.29 is 0 Å². The molecule has 1 saturated carbocycles. The van der Waals surface area contributed by atoms with E-state index < -0.39 is 0 Å². The van der Waals surface area contributed by atoms with Gasteiger partial charge in [-0.2, -0.15) is 0 Å². The molecule has 0 aliphatic heterocycles. The summed E-state index contributed by atoms with van der Waals surface area (Å²) in [5, 5.41) is 3.86. The lowest BCUT2D eigenvalue weighted by atomic mass is 9.80. The zero-order chi connectivity index (χ0) is 13.8. The van der Waals surface area contributed by atoms with Crippen LogP contribution in [0.1, 0.15) is 62.0 Å². The van der Waals surface area contributed by atoms with Crippen LogP contribution in [0.2, 0.25) is 0 Å². The van der Waals surface area contributed by atoms with Gasteiger partial charge in [-0.25, -0.2) is 0 Å². The fraction of sp³-hybridized carbons (Fsp3) is 0.667. The summed E-state index contributed by atoms with van der Waals surface area (Å²) < 4.78 is 0. The third-order valence-corrected chi connectivity index (χ3v) is 5.80. The number of halogens is 1. The van der Waals surface area contributed by atoms with Crippen molar-refractivity contribution >= 4 is 11.6 Å². The van der Waals surface area contributed by atoms with E-state index in [1.807, 2.05) is 0 Å². The van der Waals surface area contributed by atoms with E-state index in [-0.39, 0.29) is 5.54 Å². The highest BCUT2D eigenvalue weighted by Gasteiger charge is 2.32. The first-order valence-electron chi connectivity index (χ1n) is 8.22. The molecule has 1 aromatic carbocycles. The highest BCUT2D eigenvalue weighted by Crippen LogP contribution is 2.33. The SMILES string of the molecule is ClCC1(NCC2CCCc3ccccc32)CCCCC1. The number of fused-ring (bicyclic) bond motifs is 1. The van der Waals surface area contributed by atoms with Crippen LogP contribution in [0.4, 0.5) is 0 Å². The van der Waals surface area contributed by atoms with E-state index in [1.54, 1.807) is 11.1 Å². The number of rotatable bonds is 4. The molecule has 2 aliphatic carbocycles. The second kappa shape index (κ2) is 6.49. The normalized spacial score (nSPS) is 25.1. The molecular formula is C18H26ClN. The highest BCUT2D eigenvalue weighted by atomic mass is 35.5. The van der Waals surface area contributed by atoms with Crippen molar-refractivity contribution in [2.24, 2.45) is 0 Å². The Hall–Kier alpha value is -0.530. The summed E-state index contributed by atoms with van der Waals surface area (Å²) in [5.41, 5.74) is 3.35. The number of benzene rings is 1. The predicted molar refractivity (Wildman–Crippen MR) is 86.7 cm³/mol. The van der Waals surface area contributed by atoms with Crippen LogP contribution in [0.25, 0.3) is 0 Å². The zero-order valence-corrected chi connectivity index (χ0v) is 13.1. The standard InChI is InChI=1S/C18H26ClN/c19-14-18(11-4-1-5-12-18)20-13-16-9-6-8-15-7-2-3-10-17(15)16/h2-3,7,10,16,20H,1,4-6,8-9,11-14H2. The molecule has 3 rings (SSSR count). The van der Waals surface area contributed by atoms with Gasteiger partial charge in [0.2, 0.25) is 0 Å². The number of hydrogen-bond donors (Lipinski definition) is 1. The quantitative estimate of drug-likeness (QED) is 0.797. The molecule has 0 saturated heterocycles. The largest absolute Gasteiger partial charge is 0.309 e. The van der Waals surface area contributed by atoms with Gasteiger partial charge in [0.15, 0.2) is 0 Å². The summed E-state index contributed by atoms with van der Waals surface area (Å²) in [6, 6.07) is 9.00. The summed E-state index contributed by atoms with van der Waals surface area (Å²) in [6.07, 6.45) is 10.5. The molecule has 1 unspecified atom stereocenters. The van der Waals surface area contributed by atoms with E-state index in [0.717, 1.165) is 12.4 Å². The maximum Gasteiger partial charge on any atom is 0.0406 e. The predicted octanol–water partition coefficient (Wildman–Crippen LogP) is 4.64. The van der Waals surface area contributed by atoms with Gasteiger partial charge >= 0.3 is 0 Å². The Morgan fingerprint density at radius 1 is 1.10 bits per heavy atom. The van der Waals surface area contributed by atoms with Crippen molar-refractivity contribution in [2.75, 3.05) is 12.4 Å². The maximum absolute atomic E-state index is 6.29. The molecule has 1 nitrogen and oxygen atoms in total. The third kappa shape index (κ3) is 3.04. The van der Waals surface area contributed by atoms with Crippen LogP contribution in [-0.2, 0) is 6.42 Å². The zero-order valence-electron chi connectivity index (χ0n) is 12.3. The second-order valence-corrected chi connectivity index (χ2v) is 6.91. The van der Waals surface area contributed by atoms with Crippen molar-refractivity contribution in [3.8, 4) is 0 Å². The first-order valence-corrected chi connectivity index (χ1v) is 8.75. The molecule has 1 N–H and O–H groups in total. The molecule has 20 heavy (non-hydrogen) atoms. The lowest BCUT2D eigenvalue weighted by Crippen LogP contribution is -2.50. The van der Waals surface area contributed by atoms with Gasteiger partial charge in [-0.1, -0.05) is 43.5 Å². The average molecular weight is 292 g/mol. The number of aryl methyl sites for hydroxylation is 1. The minimum Gasteiger partial charge on any atom is -0.309 e. The lowest BCUT2D eigenvalue weighted by molar-refractivity contribution is 0.250. The van der Waals surface area contributed by atoms with E-state index in [2.05, 4.69) is 29.6 Å². The number of alkyl halides is 1. The van der Waals surface area contributed by atoms with E-state index in [9.17, 15) is 0 Å². The van der Waals surface area contributed by atoms with Crippen LogP contribution in [0.5, 0.6) is 0 Å². The Morgan fingerprint density at radius 3 is 2.70 bits per heavy atom. The molecule has 2 heteroatoms. The topological polar surface area (TPSA) is 12.0 Å². The fourth-order valence-corrected chi connectivity index (χ4v) is 4.35. The van der Waals surface area contributed by atoms with E-state index in [1.165, 1.54) is 51.4 Å². The first-order chi connectivity index (χ1) is 9.83. The highest BCUT2D eigenvalue weighted by molar-refractivity contribution is 6.18. The van der Waals surface area contributed by atoms with Crippen molar-refractivity contribution in [2.45, 2.75) is 62.8 Å². The minimum absolute atomic E-state index is 0.214. The molecule has 0 bridgehead atoms. The molecule has 0 aromatic heterocycles. The Bertz CT molecular complexity index is 437. The molecular weight excluding hydrogens is 266 g/mol. The summed E-state index contributed by atoms with van der Waals surface area (Å²) in [7, 11) is 0. The van der Waals surface area contributed by atoms with Crippen LogP contribution < -0.4 is 5.32 Å². The van der Waals surface area contributed by atoms with Crippen LogP contribution in [0.15, 0.2) is 24.3 Å². The van der Waals surface area contributed by atoms with Crippen LogP contribution in [-0.4, -0.2) is 18.0 Å². The number of hydrogen-bond acceptors (Lipinski definition) is 1. The van der Waals surface area contributed by atoms with Crippen LogP contribution in [0.3, 0.4) is 0 Å². The van der Waals surface area contributed by atoms with Crippen molar-refractivity contribution in [1.29, 1.82) is 0 Å². The summed E-state index contributed by atoms with van der Waals surface area (Å²) >= 11 is 6.29. The summed E-state index contributed by atoms with van der Waals surface area (Å²) in [4.78, 5) is 0. The van der Waals surface area contributed by atoms with Crippen LogP contribution in [0, 0.1) is 0 Å². The third-order valence-electron chi connectivity index (χ3n) is 5.28. The Balaban J connectivity index is 1.66. The minimum atomic E-state index is 0.214. The van der Waals surface area contributed by atoms with Gasteiger partial charge in [0.05, 0.1) is 0 Å². The van der Waals surface area contributed by atoms with Crippen molar-refractivity contribution in [3.63, 3.8) is 0 Å². The van der Waals surface area contributed by atoms with E-state index in [0.29, 0.717) is 5.92 Å². The molecule has 0 amide bonds. The molecule has 1 aromatic rings. The molecule has 110 valence electrons. The van der Waals surface area contributed by atoms with Crippen molar-refractivity contribution in [3.05, 3.63) is 35.4 Å². The molecule has 0 spiro atoms. The molecule has 1 fully saturated rings. The smallest absolute Gasteiger partial charge is 0.0406 e. The first kappa shape index (κ1) is 14.4. The van der Waals surface area contributed by atoms with Gasteiger partial charge in [-0.05, 0) is 49.1 Å². The lowest BCUT2D eigenvalue weighted by Gasteiger charge is -2.38. The van der Waals surface area contributed by atoms with Gasteiger partial charge < -0.3 is 5.32 Å². The van der Waals surface area contributed by atoms with E-state index in [4.69, 9.17) is 11.6 Å². The molecule has 1 atom stereocenters. The van der Waals surface area contributed by atoms with E-state index >= 15 is 0 Å². The van der Waals surface area contributed by atoms with Crippen LogP contribution >= 0.6 is 11.6 Å². The monoisotopic (exact) mass is 291 g/mol. The summed E-state index contributed by atoms with van der Waals surface area (Å²) in [5.74, 6) is 1.45. The van der Waals surface area contributed by atoms with Gasteiger partial charge in [-0.3, -0.25) is 0 Å². The fourth-order valence-electron chi connectivity index (χ4n) is 3.99. The molecule has 0 heterocycles. The summed E-state index contributed by atoms with van der Waals surface area (Å²) in [6.45, 7) is 1.10. The Labute approximate surface area is 128 Å². The van der Waals surface area contributed by atoms with Gasteiger partial charge in [0.25, 0.3) is 0 Å². The van der Waals surface area contributed by atoms with Gasteiger partial charge in [0, 0.05) is 18.0 Å². The van der Waals surface area contributed by atoms with Gasteiger partial charge in [-0.15, -0.1) is 11.6 Å². The maximum atomic E-state index is 6.29. The molecule has 0 radical (unpaired) electrons.